The first-order chi connectivity index (χ1) is 14.0. The molecule has 0 bridgehead atoms. The summed E-state index contributed by atoms with van der Waals surface area (Å²) in [6, 6.07) is 0. The summed E-state index contributed by atoms with van der Waals surface area (Å²) in [4.78, 5) is 35.7. The van der Waals surface area contributed by atoms with E-state index >= 15 is 0 Å². The van der Waals surface area contributed by atoms with Crippen LogP contribution in [0.25, 0.3) is 0 Å². The van der Waals surface area contributed by atoms with E-state index in [0.717, 1.165) is 0 Å². The average Bonchev–Trinajstić information content (AvgIpc) is 2.98. The van der Waals surface area contributed by atoms with Crippen LogP contribution in [-0.2, 0) is 28.6 Å². The van der Waals surface area contributed by atoms with Crippen molar-refractivity contribution in [1.29, 1.82) is 0 Å². The van der Waals surface area contributed by atoms with Gasteiger partial charge in [-0.25, -0.2) is 9.59 Å². The second kappa shape index (κ2) is 8.97. The van der Waals surface area contributed by atoms with Crippen LogP contribution < -0.4 is 0 Å². The number of fused-ring (bicyclic) bond motifs is 1. The molecule has 30 heavy (non-hydrogen) atoms. The number of rotatable bonds is 8. The van der Waals surface area contributed by atoms with E-state index in [1.807, 2.05) is 0 Å². The van der Waals surface area contributed by atoms with Crippen LogP contribution in [0.3, 0.4) is 0 Å². The molecule has 0 aromatic heterocycles. The Kier molecular flexibility index (Phi) is 7.05. The van der Waals surface area contributed by atoms with Gasteiger partial charge in [-0.1, -0.05) is 32.7 Å². The van der Waals surface area contributed by atoms with Crippen LogP contribution >= 0.6 is 0 Å². The minimum absolute atomic E-state index is 0.228. The third-order valence-electron chi connectivity index (χ3n) is 5.95. The van der Waals surface area contributed by atoms with Gasteiger partial charge in [-0.2, -0.15) is 0 Å². The van der Waals surface area contributed by atoms with Gasteiger partial charge in [-0.15, -0.1) is 6.58 Å². The highest BCUT2D eigenvalue weighted by Gasteiger charge is 2.58. The van der Waals surface area contributed by atoms with E-state index in [2.05, 4.69) is 26.3 Å². The van der Waals surface area contributed by atoms with Crippen molar-refractivity contribution < 1.29 is 38.8 Å². The maximum absolute atomic E-state index is 12.6. The number of esters is 3. The molecule has 8 nitrogen and oxygen atoms in total. The van der Waals surface area contributed by atoms with Crippen LogP contribution in [0.15, 0.2) is 49.1 Å². The molecule has 0 radical (unpaired) electrons. The molecule has 1 aliphatic heterocycles. The molecule has 1 aliphatic carbocycles. The molecular formula is C22H28O8. The van der Waals surface area contributed by atoms with Crippen molar-refractivity contribution in [3.8, 4) is 0 Å². The highest BCUT2D eigenvalue weighted by atomic mass is 16.6. The van der Waals surface area contributed by atoms with E-state index < -0.39 is 60.1 Å². The minimum Gasteiger partial charge on any atom is -0.463 e. The molecule has 0 aromatic carbocycles. The standard InChI is InChI=1S/C22H28O8/c1-7-22(6)17(29-21(27)13(4)16(25)10-28-14(5)24)8-15-12(3)20(26)30-19(15)18(22)11(2)9-23/h7,15-19,23,25H,1-4,8-10H2,5-6H3. The molecule has 0 amide bonds. The lowest BCUT2D eigenvalue weighted by Gasteiger charge is -2.49. The average molecular weight is 420 g/mol. The fraction of sp³-hybridized carbons (Fsp3) is 0.500. The quantitative estimate of drug-likeness (QED) is 0.261. The molecule has 6 unspecified atom stereocenters. The van der Waals surface area contributed by atoms with Crippen LogP contribution in [0.2, 0.25) is 0 Å². The second-order valence-electron chi connectivity index (χ2n) is 7.84. The normalized spacial score (nSPS) is 31.2. The van der Waals surface area contributed by atoms with E-state index in [9.17, 15) is 24.6 Å². The van der Waals surface area contributed by atoms with Crippen LogP contribution in [0, 0.1) is 17.3 Å². The van der Waals surface area contributed by atoms with Crippen molar-refractivity contribution in [2.24, 2.45) is 17.3 Å². The lowest BCUT2D eigenvalue weighted by Crippen LogP contribution is -2.53. The summed E-state index contributed by atoms with van der Waals surface area (Å²) in [5, 5.41) is 19.7. The Balaban J connectivity index is 2.30. The molecule has 164 valence electrons. The highest BCUT2D eigenvalue weighted by molar-refractivity contribution is 5.91. The molecule has 0 aromatic rings. The molecule has 0 spiro atoms. The first-order valence-electron chi connectivity index (χ1n) is 9.51. The Labute approximate surface area is 175 Å². The zero-order valence-electron chi connectivity index (χ0n) is 17.3. The van der Waals surface area contributed by atoms with Crippen molar-refractivity contribution in [2.45, 2.75) is 38.6 Å². The molecule has 2 rings (SSSR count). The van der Waals surface area contributed by atoms with Crippen molar-refractivity contribution >= 4 is 17.9 Å². The molecule has 1 heterocycles. The van der Waals surface area contributed by atoms with Gasteiger partial charge >= 0.3 is 17.9 Å². The Hall–Kier alpha value is -2.71. The van der Waals surface area contributed by atoms with Crippen molar-refractivity contribution in [1.82, 2.24) is 0 Å². The monoisotopic (exact) mass is 420 g/mol. The number of ether oxygens (including phenoxy) is 3. The Morgan fingerprint density at radius 2 is 2.03 bits per heavy atom. The van der Waals surface area contributed by atoms with E-state index in [1.165, 1.54) is 6.92 Å². The van der Waals surface area contributed by atoms with Gasteiger partial charge in [0.05, 0.1) is 12.2 Å². The first kappa shape index (κ1) is 23.6. The lowest BCUT2D eigenvalue weighted by atomic mass is 9.58. The zero-order chi connectivity index (χ0) is 22.8. The second-order valence-corrected chi connectivity index (χ2v) is 7.84. The van der Waals surface area contributed by atoms with E-state index in [1.54, 1.807) is 13.0 Å². The Bertz CT molecular complexity index is 797. The fourth-order valence-corrected chi connectivity index (χ4v) is 4.09. The highest BCUT2D eigenvalue weighted by Crippen LogP contribution is 2.53. The number of hydrogen-bond acceptors (Lipinski definition) is 8. The number of aliphatic hydroxyl groups excluding tert-OH is 2. The predicted octanol–water partition coefficient (Wildman–Crippen LogP) is 1.24. The van der Waals surface area contributed by atoms with Crippen molar-refractivity contribution in [3.63, 3.8) is 0 Å². The van der Waals surface area contributed by atoms with Gasteiger partial charge in [0.25, 0.3) is 0 Å². The van der Waals surface area contributed by atoms with Crippen molar-refractivity contribution in [2.75, 3.05) is 13.2 Å². The summed E-state index contributed by atoms with van der Waals surface area (Å²) in [5.41, 5.74) is -0.538. The van der Waals surface area contributed by atoms with E-state index in [-0.39, 0.29) is 24.2 Å². The smallest absolute Gasteiger partial charge is 0.336 e. The molecule has 8 heteroatoms. The summed E-state index contributed by atoms with van der Waals surface area (Å²) < 4.78 is 15.9. The molecule has 1 saturated heterocycles. The first-order valence-corrected chi connectivity index (χ1v) is 9.51. The van der Waals surface area contributed by atoms with Gasteiger partial charge in [0.15, 0.2) is 0 Å². The molecule has 2 N–H and O–H groups in total. The number of hydrogen-bond donors (Lipinski definition) is 2. The summed E-state index contributed by atoms with van der Waals surface area (Å²) in [6.07, 6.45) is -1.02. The third-order valence-corrected chi connectivity index (χ3v) is 5.95. The topological polar surface area (TPSA) is 119 Å². The van der Waals surface area contributed by atoms with Gasteiger partial charge in [-0.05, 0) is 12.0 Å². The minimum atomic E-state index is -1.43. The SMILES string of the molecule is C=CC1(C)C(OC(=O)C(=C)C(O)COC(C)=O)CC2C(=C)C(=O)OC2C1C(=C)CO. The fourth-order valence-electron chi connectivity index (χ4n) is 4.09. The Morgan fingerprint density at radius 3 is 2.57 bits per heavy atom. The van der Waals surface area contributed by atoms with Gasteiger partial charge < -0.3 is 24.4 Å². The summed E-state index contributed by atoms with van der Waals surface area (Å²) in [6.45, 7) is 17.3. The molecule has 2 aliphatic rings. The summed E-state index contributed by atoms with van der Waals surface area (Å²) >= 11 is 0. The predicted molar refractivity (Wildman–Crippen MR) is 107 cm³/mol. The molecule has 2 fully saturated rings. The van der Waals surface area contributed by atoms with E-state index in [4.69, 9.17) is 14.2 Å². The summed E-state index contributed by atoms with van der Waals surface area (Å²) in [5.74, 6) is -3.03. The van der Waals surface area contributed by atoms with Gasteiger partial charge in [0.1, 0.15) is 24.9 Å². The van der Waals surface area contributed by atoms with E-state index in [0.29, 0.717) is 5.57 Å². The van der Waals surface area contributed by atoms with Crippen LogP contribution in [0.1, 0.15) is 20.3 Å². The number of aliphatic hydroxyl groups is 2. The largest absolute Gasteiger partial charge is 0.463 e. The van der Waals surface area contributed by atoms with Crippen LogP contribution in [0.5, 0.6) is 0 Å². The van der Waals surface area contributed by atoms with Gasteiger partial charge in [-0.3, -0.25) is 4.79 Å². The zero-order valence-corrected chi connectivity index (χ0v) is 17.3. The van der Waals surface area contributed by atoms with Crippen LogP contribution in [0.4, 0.5) is 0 Å². The Morgan fingerprint density at radius 1 is 1.40 bits per heavy atom. The molecular weight excluding hydrogens is 392 g/mol. The number of carbonyl (C=O) groups is 3. The molecule has 1 saturated carbocycles. The van der Waals surface area contributed by atoms with Gasteiger partial charge in [0.2, 0.25) is 0 Å². The maximum atomic E-state index is 12.6. The van der Waals surface area contributed by atoms with Crippen molar-refractivity contribution in [3.05, 3.63) is 49.1 Å². The van der Waals surface area contributed by atoms with Crippen LogP contribution in [-0.4, -0.2) is 59.6 Å². The lowest BCUT2D eigenvalue weighted by molar-refractivity contribution is -0.166. The number of carbonyl (C=O) groups excluding carboxylic acids is 3. The van der Waals surface area contributed by atoms with Gasteiger partial charge in [0, 0.05) is 29.7 Å². The maximum Gasteiger partial charge on any atom is 0.336 e. The third kappa shape index (κ3) is 4.24. The molecule has 6 atom stereocenters. The summed E-state index contributed by atoms with van der Waals surface area (Å²) in [7, 11) is 0.